The van der Waals surface area contributed by atoms with Crippen LogP contribution in [0.4, 0.5) is 0 Å². The molecule has 0 spiro atoms. The fraction of sp³-hybridized carbons (Fsp3) is 0.320. The molecular formula is C25H22N4O. The van der Waals surface area contributed by atoms with Crippen LogP contribution in [-0.4, -0.2) is 20.7 Å². The smallest absolute Gasteiger partial charge is 0.160 e. The molecule has 4 atom stereocenters. The minimum absolute atomic E-state index is 0.0916. The normalized spacial score (nSPS) is 25.1. The molecule has 0 N–H and O–H groups in total. The van der Waals surface area contributed by atoms with Gasteiger partial charge in [-0.1, -0.05) is 37.3 Å². The van der Waals surface area contributed by atoms with Gasteiger partial charge in [0.05, 0.1) is 17.5 Å². The lowest BCUT2D eigenvalue weighted by Gasteiger charge is -2.41. The van der Waals surface area contributed by atoms with Crippen LogP contribution in [0.2, 0.25) is 0 Å². The van der Waals surface area contributed by atoms with Gasteiger partial charge in [0.15, 0.2) is 11.6 Å². The molecule has 1 aromatic carbocycles. The Hall–Kier alpha value is -3.39. The highest BCUT2D eigenvalue weighted by Gasteiger charge is 2.45. The molecule has 2 aliphatic rings. The highest BCUT2D eigenvalue weighted by atomic mass is 16.1. The first kappa shape index (κ1) is 18.6. The van der Waals surface area contributed by atoms with E-state index in [4.69, 9.17) is 9.97 Å². The van der Waals surface area contributed by atoms with Crippen molar-refractivity contribution in [2.75, 3.05) is 0 Å². The zero-order chi connectivity index (χ0) is 20.7. The number of hydrogen-bond donors (Lipinski definition) is 0. The van der Waals surface area contributed by atoms with Gasteiger partial charge in [-0.2, -0.15) is 5.26 Å². The lowest BCUT2D eigenvalue weighted by atomic mass is 9.62. The molecule has 30 heavy (non-hydrogen) atoms. The first-order chi connectivity index (χ1) is 14.7. The summed E-state index contributed by atoms with van der Waals surface area (Å²) in [6, 6.07) is 16.3. The number of carbonyl (C=O) groups excluding carboxylic acids is 1. The summed E-state index contributed by atoms with van der Waals surface area (Å²) in [6.07, 6.45) is 5.83. The van der Waals surface area contributed by atoms with Gasteiger partial charge in [-0.05, 0) is 37.3 Å². The van der Waals surface area contributed by atoms with Gasteiger partial charge in [-0.15, -0.1) is 0 Å². The number of ketones is 1. The van der Waals surface area contributed by atoms with Gasteiger partial charge < -0.3 is 0 Å². The zero-order valence-corrected chi connectivity index (χ0v) is 16.8. The minimum atomic E-state index is -0.549. The molecule has 2 aromatic heterocycles. The number of nitriles is 1. The van der Waals surface area contributed by atoms with E-state index >= 15 is 0 Å². The van der Waals surface area contributed by atoms with Crippen molar-refractivity contribution in [3.05, 3.63) is 66.1 Å². The van der Waals surface area contributed by atoms with Gasteiger partial charge >= 0.3 is 0 Å². The molecule has 3 aromatic rings. The second-order valence-corrected chi connectivity index (χ2v) is 8.28. The molecule has 5 rings (SSSR count). The van der Waals surface area contributed by atoms with Crippen molar-refractivity contribution in [2.45, 2.75) is 32.1 Å². The Morgan fingerprint density at radius 3 is 2.53 bits per heavy atom. The molecule has 0 saturated heterocycles. The maximum atomic E-state index is 12.6. The van der Waals surface area contributed by atoms with Crippen molar-refractivity contribution in [3.63, 3.8) is 0 Å². The summed E-state index contributed by atoms with van der Waals surface area (Å²) in [4.78, 5) is 26.7. The van der Waals surface area contributed by atoms with E-state index in [1.54, 1.807) is 12.4 Å². The molecule has 2 aliphatic carbocycles. The Kier molecular flexibility index (Phi) is 4.63. The fourth-order valence-corrected chi connectivity index (χ4v) is 5.13. The van der Waals surface area contributed by atoms with E-state index in [0.717, 1.165) is 35.4 Å². The molecule has 2 heterocycles. The molecule has 0 bridgehead atoms. The van der Waals surface area contributed by atoms with Gasteiger partial charge in [0.25, 0.3) is 0 Å². The number of hydrogen-bond acceptors (Lipinski definition) is 5. The Balaban J connectivity index is 1.71. The minimum Gasteiger partial charge on any atom is -0.298 e. The molecule has 0 amide bonds. The third-order valence-electron chi connectivity index (χ3n) is 6.70. The number of Topliss-reactive ketones (excluding diaryl/α,β-unsaturated/α-hetero) is 1. The zero-order valence-electron chi connectivity index (χ0n) is 16.8. The first-order valence-corrected chi connectivity index (χ1v) is 10.5. The van der Waals surface area contributed by atoms with Crippen LogP contribution in [0, 0.1) is 29.1 Å². The SMILES string of the molecule is CC1C(=O)C(C#N)CC2c3nc(-c4ccncc4)nc(-c4ccccc4)c3CCC12. The van der Waals surface area contributed by atoms with Crippen LogP contribution in [-0.2, 0) is 11.2 Å². The maximum absolute atomic E-state index is 12.6. The predicted molar refractivity (Wildman–Crippen MR) is 113 cm³/mol. The summed E-state index contributed by atoms with van der Waals surface area (Å²) in [5.41, 5.74) is 5.14. The van der Waals surface area contributed by atoms with E-state index in [9.17, 15) is 10.1 Å². The summed E-state index contributed by atoms with van der Waals surface area (Å²) in [7, 11) is 0. The van der Waals surface area contributed by atoms with E-state index in [2.05, 4.69) is 23.2 Å². The van der Waals surface area contributed by atoms with Gasteiger partial charge in [0.2, 0.25) is 0 Å². The van der Waals surface area contributed by atoms with Crippen molar-refractivity contribution in [2.24, 2.45) is 17.8 Å². The molecule has 4 unspecified atom stereocenters. The van der Waals surface area contributed by atoms with E-state index in [-0.39, 0.29) is 23.5 Å². The Morgan fingerprint density at radius 2 is 1.80 bits per heavy atom. The van der Waals surface area contributed by atoms with E-state index in [0.29, 0.717) is 12.2 Å². The second-order valence-electron chi connectivity index (χ2n) is 8.28. The average Bonchev–Trinajstić information content (AvgIpc) is 2.81. The fourth-order valence-electron chi connectivity index (χ4n) is 5.13. The third-order valence-corrected chi connectivity index (χ3v) is 6.70. The Morgan fingerprint density at radius 1 is 1.03 bits per heavy atom. The van der Waals surface area contributed by atoms with Crippen molar-refractivity contribution < 1.29 is 4.79 Å². The predicted octanol–water partition coefficient (Wildman–Crippen LogP) is 4.60. The van der Waals surface area contributed by atoms with Gasteiger partial charge in [-0.25, -0.2) is 9.97 Å². The number of carbonyl (C=O) groups is 1. The molecule has 148 valence electrons. The molecule has 1 saturated carbocycles. The van der Waals surface area contributed by atoms with Crippen molar-refractivity contribution in [3.8, 4) is 28.7 Å². The highest BCUT2D eigenvalue weighted by Crippen LogP contribution is 2.49. The number of rotatable bonds is 2. The molecule has 0 radical (unpaired) electrons. The summed E-state index contributed by atoms with van der Waals surface area (Å²) in [6.45, 7) is 1.98. The summed E-state index contributed by atoms with van der Waals surface area (Å²) in [5.74, 6) is 0.450. The van der Waals surface area contributed by atoms with Gasteiger partial charge in [0, 0.05) is 40.9 Å². The maximum Gasteiger partial charge on any atom is 0.160 e. The van der Waals surface area contributed by atoms with Crippen LogP contribution in [0.1, 0.15) is 36.9 Å². The summed E-state index contributed by atoms with van der Waals surface area (Å²) in [5, 5.41) is 9.57. The van der Waals surface area contributed by atoms with Gasteiger partial charge in [-0.3, -0.25) is 9.78 Å². The molecule has 5 heteroatoms. The largest absolute Gasteiger partial charge is 0.298 e. The number of nitrogens with zero attached hydrogens (tertiary/aromatic N) is 4. The van der Waals surface area contributed by atoms with Crippen molar-refractivity contribution in [1.29, 1.82) is 5.26 Å². The van der Waals surface area contributed by atoms with Crippen LogP contribution in [0.15, 0.2) is 54.9 Å². The molecule has 5 nitrogen and oxygen atoms in total. The third kappa shape index (κ3) is 3.00. The Bertz CT molecular complexity index is 1140. The number of pyridine rings is 1. The van der Waals surface area contributed by atoms with Crippen molar-refractivity contribution >= 4 is 5.78 Å². The summed E-state index contributed by atoms with van der Waals surface area (Å²) < 4.78 is 0. The first-order valence-electron chi connectivity index (χ1n) is 10.5. The van der Waals surface area contributed by atoms with E-state index < -0.39 is 5.92 Å². The van der Waals surface area contributed by atoms with Gasteiger partial charge in [0.1, 0.15) is 5.92 Å². The van der Waals surface area contributed by atoms with Crippen LogP contribution in [0.3, 0.4) is 0 Å². The van der Waals surface area contributed by atoms with Crippen LogP contribution in [0.25, 0.3) is 22.6 Å². The number of fused-ring (bicyclic) bond motifs is 3. The highest BCUT2D eigenvalue weighted by molar-refractivity contribution is 5.87. The Labute approximate surface area is 175 Å². The number of aromatic nitrogens is 3. The summed E-state index contributed by atoms with van der Waals surface area (Å²) >= 11 is 0. The molecular weight excluding hydrogens is 372 g/mol. The lowest BCUT2D eigenvalue weighted by Crippen LogP contribution is -2.40. The second kappa shape index (κ2) is 7.46. The standard InChI is InChI=1S/C25H22N4O/c1-15-19-7-8-20-22(16-5-3-2-4-6-16)28-25(17-9-11-27-12-10-17)29-23(20)21(19)13-18(14-26)24(15)30/h2-6,9-12,15,18-19,21H,7-8,13H2,1H3. The average molecular weight is 394 g/mol. The number of benzene rings is 1. The molecule has 1 fully saturated rings. The topological polar surface area (TPSA) is 79.5 Å². The van der Waals surface area contributed by atoms with E-state index in [1.807, 2.05) is 37.3 Å². The lowest BCUT2D eigenvalue weighted by molar-refractivity contribution is -0.129. The van der Waals surface area contributed by atoms with E-state index in [1.165, 1.54) is 5.56 Å². The quantitative estimate of drug-likeness (QED) is 0.635. The van der Waals surface area contributed by atoms with Crippen LogP contribution < -0.4 is 0 Å². The van der Waals surface area contributed by atoms with Crippen LogP contribution in [0.5, 0.6) is 0 Å². The van der Waals surface area contributed by atoms with Crippen molar-refractivity contribution in [1.82, 2.24) is 15.0 Å². The monoisotopic (exact) mass is 394 g/mol. The molecule has 0 aliphatic heterocycles. The van der Waals surface area contributed by atoms with Crippen LogP contribution >= 0.6 is 0 Å².